The smallest absolute Gasteiger partial charge is 0.223 e. The summed E-state index contributed by atoms with van der Waals surface area (Å²) in [5.41, 5.74) is 0. The van der Waals surface area contributed by atoms with Crippen LogP contribution in [-0.2, 0) is 0 Å². The molecule has 0 unspecified atom stereocenters. The summed E-state index contributed by atoms with van der Waals surface area (Å²) in [6, 6.07) is 7.54. The van der Waals surface area contributed by atoms with Gasteiger partial charge < -0.3 is 0 Å². The van der Waals surface area contributed by atoms with E-state index in [2.05, 4.69) is 25.9 Å². The summed E-state index contributed by atoms with van der Waals surface area (Å²) in [6.07, 6.45) is 1.63. The first-order valence-corrected chi connectivity index (χ1v) is 6.63. The molecule has 0 radical (unpaired) electrons. The van der Waals surface area contributed by atoms with Crippen LogP contribution in [0.2, 0.25) is 10.3 Å². The number of hydrogen-bond acceptors (Lipinski definition) is 3. The second-order valence-electron chi connectivity index (χ2n) is 2.85. The molecule has 82 valence electrons. The van der Waals surface area contributed by atoms with Crippen LogP contribution < -0.4 is 0 Å². The van der Waals surface area contributed by atoms with Gasteiger partial charge in [-0.15, -0.1) is 0 Å². The lowest BCUT2D eigenvalue weighted by molar-refractivity contribution is 1.03. The fourth-order valence-corrected chi connectivity index (χ4v) is 2.76. The summed E-state index contributed by atoms with van der Waals surface area (Å²) in [7, 11) is 0. The van der Waals surface area contributed by atoms with Gasteiger partial charge in [0.1, 0.15) is 5.03 Å². The Hall–Kier alpha value is -0.290. The zero-order valence-corrected chi connectivity index (χ0v) is 11.7. The summed E-state index contributed by atoms with van der Waals surface area (Å²) in [6.45, 7) is 0. The number of aromatic nitrogens is 2. The lowest BCUT2D eigenvalue weighted by atomic mass is 10.4. The van der Waals surface area contributed by atoms with Gasteiger partial charge in [-0.2, -0.15) is 0 Å². The molecule has 2 nitrogen and oxygen atoms in total. The van der Waals surface area contributed by atoms with Crippen LogP contribution in [0, 0.1) is 0 Å². The minimum Gasteiger partial charge on any atom is -0.225 e. The number of benzene rings is 1. The van der Waals surface area contributed by atoms with Gasteiger partial charge >= 0.3 is 0 Å². The molecule has 0 atom stereocenters. The van der Waals surface area contributed by atoms with E-state index in [9.17, 15) is 0 Å². The Morgan fingerprint density at radius 2 is 2.06 bits per heavy atom. The Kier molecular flexibility index (Phi) is 4.08. The maximum absolute atomic E-state index is 5.90. The first kappa shape index (κ1) is 12.2. The Bertz CT molecular complexity index is 522. The highest BCUT2D eigenvalue weighted by molar-refractivity contribution is 9.10. The van der Waals surface area contributed by atoms with Crippen molar-refractivity contribution in [2.24, 2.45) is 0 Å². The summed E-state index contributed by atoms with van der Waals surface area (Å²) in [5.74, 6) is 0. The maximum atomic E-state index is 5.90. The van der Waals surface area contributed by atoms with E-state index < -0.39 is 0 Å². The predicted molar refractivity (Wildman–Crippen MR) is 70.3 cm³/mol. The van der Waals surface area contributed by atoms with Crippen LogP contribution in [-0.4, -0.2) is 9.97 Å². The molecule has 0 fully saturated rings. The molecule has 0 bridgehead atoms. The molecule has 1 heterocycles. The lowest BCUT2D eigenvalue weighted by Crippen LogP contribution is -1.86. The molecule has 0 saturated heterocycles. The van der Waals surface area contributed by atoms with Gasteiger partial charge in [0.25, 0.3) is 0 Å². The summed E-state index contributed by atoms with van der Waals surface area (Å²) >= 11 is 16.5. The SMILES string of the molecule is Clc1cccc(Sc2nc(Cl)ncc2Br)c1. The fraction of sp³-hybridized carbons (Fsp3) is 0. The fourth-order valence-electron chi connectivity index (χ4n) is 1.04. The highest BCUT2D eigenvalue weighted by Gasteiger charge is 2.06. The maximum Gasteiger partial charge on any atom is 0.223 e. The molecule has 1 aromatic heterocycles. The molecule has 0 aliphatic rings. The summed E-state index contributed by atoms with van der Waals surface area (Å²) in [4.78, 5) is 8.99. The van der Waals surface area contributed by atoms with E-state index in [1.165, 1.54) is 11.8 Å². The number of halogens is 3. The average molecular weight is 336 g/mol. The average Bonchev–Trinajstić information content (AvgIpc) is 2.24. The minimum absolute atomic E-state index is 0.229. The van der Waals surface area contributed by atoms with Crippen LogP contribution in [0.3, 0.4) is 0 Å². The van der Waals surface area contributed by atoms with Crippen molar-refractivity contribution in [1.29, 1.82) is 0 Å². The lowest BCUT2D eigenvalue weighted by Gasteiger charge is -2.03. The van der Waals surface area contributed by atoms with Gasteiger partial charge in [-0.3, -0.25) is 0 Å². The van der Waals surface area contributed by atoms with E-state index in [1.807, 2.05) is 24.3 Å². The third kappa shape index (κ3) is 3.10. The van der Waals surface area contributed by atoms with Gasteiger partial charge in [0.15, 0.2) is 0 Å². The van der Waals surface area contributed by atoms with E-state index in [0.717, 1.165) is 14.4 Å². The molecule has 0 spiro atoms. The molecule has 0 amide bonds. The normalized spacial score (nSPS) is 10.4. The molecule has 0 aliphatic heterocycles. The Balaban J connectivity index is 2.30. The van der Waals surface area contributed by atoms with Crippen molar-refractivity contribution in [3.05, 3.63) is 45.2 Å². The Morgan fingerprint density at radius 3 is 2.81 bits per heavy atom. The predicted octanol–water partition coefficient (Wildman–Crippen LogP) is 4.70. The molecule has 0 aliphatic carbocycles. The van der Waals surface area contributed by atoms with Gasteiger partial charge in [-0.25, -0.2) is 9.97 Å². The first-order chi connectivity index (χ1) is 7.65. The highest BCUT2D eigenvalue weighted by Crippen LogP contribution is 2.32. The van der Waals surface area contributed by atoms with E-state index in [-0.39, 0.29) is 5.28 Å². The van der Waals surface area contributed by atoms with Crippen LogP contribution >= 0.6 is 50.9 Å². The first-order valence-electron chi connectivity index (χ1n) is 4.26. The van der Waals surface area contributed by atoms with Gasteiger partial charge in [0.2, 0.25) is 5.28 Å². The summed E-state index contributed by atoms with van der Waals surface area (Å²) < 4.78 is 0.807. The zero-order valence-electron chi connectivity index (χ0n) is 7.82. The van der Waals surface area contributed by atoms with Crippen molar-refractivity contribution >= 4 is 50.9 Å². The second-order valence-corrected chi connectivity index (χ2v) is 5.54. The third-order valence-corrected chi connectivity index (χ3v) is 3.95. The Morgan fingerprint density at radius 1 is 1.25 bits per heavy atom. The van der Waals surface area contributed by atoms with Crippen LogP contribution in [0.4, 0.5) is 0 Å². The van der Waals surface area contributed by atoms with E-state index in [1.54, 1.807) is 6.20 Å². The van der Waals surface area contributed by atoms with Crippen molar-refractivity contribution in [2.75, 3.05) is 0 Å². The van der Waals surface area contributed by atoms with Crippen LogP contribution in [0.25, 0.3) is 0 Å². The number of rotatable bonds is 2. The van der Waals surface area contributed by atoms with E-state index >= 15 is 0 Å². The van der Waals surface area contributed by atoms with Gasteiger partial charge in [0.05, 0.1) is 4.47 Å². The van der Waals surface area contributed by atoms with Crippen molar-refractivity contribution < 1.29 is 0 Å². The highest BCUT2D eigenvalue weighted by atomic mass is 79.9. The molecule has 0 N–H and O–H groups in total. The number of nitrogens with zero attached hydrogens (tertiary/aromatic N) is 2. The molecule has 2 aromatic rings. The monoisotopic (exact) mass is 334 g/mol. The molecule has 2 rings (SSSR count). The number of hydrogen-bond donors (Lipinski definition) is 0. The van der Waals surface area contributed by atoms with Crippen molar-refractivity contribution in [3.63, 3.8) is 0 Å². The molecular formula is C10H5BrCl2N2S. The molecule has 1 aromatic carbocycles. The van der Waals surface area contributed by atoms with Crippen LogP contribution in [0.1, 0.15) is 0 Å². The molecule has 6 heteroatoms. The van der Waals surface area contributed by atoms with Crippen molar-refractivity contribution in [1.82, 2.24) is 9.97 Å². The van der Waals surface area contributed by atoms with Gasteiger partial charge in [0, 0.05) is 16.1 Å². The van der Waals surface area contributed by atoms with E-state index in [0.29, 0.717) is 5.02 Å². The largest absolute Gasteiger partial charge is 0.225 e. The standard InChI is InChI=1S/C10H5BrCl2N2S/c11-8-5-14-10(13)15-9(8)16-7-3-1-2-6(12)4-7/h1-5H. The minimum atomic E-state index is 0.229. The van der Waals surface area contributed by atoms with Gasteiger partial charge in [-0.1, -0.05) is 29.4 Å². The molecule has 16 heavy (non-hydrogen) atoms. The summed E-state index contributed by atoms with van der Waals surface area (Å²) in [5, 5.41) is 1.69. The van der Waals surface area contributed by atoms with Crippen LogP contribution in [0.15, 0.2) is 44.9 Å². The molecule has 0 saturated carbocycles. The quantitative estimate of drug-likeness (QED) is 0.587. The molecular weight excluding hydrogens is 331 g/mol. The van der Waals surface area contributed by atoms with E-state index in [4.69, 9.17) is 23.2 Å². The zero-order chi connectivity index (χ0) is 11.5. The van der Waals surface area contributed by atoms with Crippen LogP contribution in [0.5, 0.6) is 0 Å². The topological polar surface area (TPSA) is 25.8 Å². The van der Waals surface area contributed by atoms with Crippen molar-refractivity contribution in [2.45, 2.75) is 9.92 Å². The third-order valence-electron chi connectivity index (χ3n) is 1.69. The Labute approximate surface area is 116 Å². The van der Waals surface area contributed by atoms with Crippen molar-refractivity contribution in [3.8, 4) is 0 Å². The second kappa shape index (κ2) is 5.36. The van der Waals surface area contributed by atoms with Gasteiger partial charge in [-0.05, 0) is 45.7 Å².